The van der Waals surface area contributed by atoms with E-state index in [0.717, 1.165) is 51.1 Å². The third-order valence-electron chi connectivity index (χ3n) is 4.45. The Labute approximate surface area is 124 Å². The molecule has 3 rings (SSSR count). The van der Waals surface area contributed by atoms with Crippen LogP contribution < -0.4 is 10.6 Å². The normalized spacial score (nSPS) is 26.6. The highest BCUT2D eigenvalue weighted by atomic mass is 32.1. The van der Waals surface area contributed by atoms with Crippen LogP contribution in [0.15, 0.2) is 11.6 Å². The Balaban J connectivity index is 1.55. The number of aromatic nitrogens is 1. The Kier molecular flexibility index (Phi) is 4.88. The van der Waals surface area contributed by atoms with E-state index in [2.05, 4.69) is 14.8 Å². The van der Waals surface area contributed by atoms with Gasteiger partial charge in [0.05, 0.1) is 6.61 Å². The fraction of sp³-hybridized carbons (Fsp3) is 0.786. The molecule has 5 nitrogen and oxygen atoms in total. The van der Waals surface area contributed by atoms with Crippen molar-refractivity contribution in [3.8, 4) is 0 Å². The molecule has 0 spiro atoms. The number of hydrogen-bond acceptors (Lipinski definition) is 6. The van der Waals surface area contributed by atoms with Crippen LogP contribution in [0.4, 0.5) is 5.13 Å². The lowest BCUT2D eigenvalue weighted by molar-refractivity contribution is 0.00982. The third-order valence-corrected chi connectivity index (χ3v) is 5.29. The number of nitrogens with two attached hydrogens (primary N) is 1. The van der Waals surface area contributed by atoms with Crippen molar-refractivity contribution in [2.24, 2.45) is 11.7 Å². The molecule has 1 aromatic rings. The zero-order valence-corrected chi connectivity index (χ0v) is 12.7. The quantitative estimate of drug-likeness (QED) is 0.899. The summed E-state index contributed by atoms with van der Waals surface area (Å²) < 4.78 is 5.63. The van der Waals surface area contributed by atoms with Gasteiger partial charge in [0.25, 0.3) is 0 Å². The average Bonchev–Trinajstić information content (AvgIpc) is 3.04. The van der Waals surface area contributed by atoms with Crippen molar-refractivity contribution in [2.45, 2.75) is 18.9 Å². The van der Waals surface area contributed by atoms with Gasteiger partial charge >= 0.3 is 0 Å². The van der Waals surface area contributed by atoms with Gasteiger partial charge in [-0.3, -0.25) is 4.90 Å². The fourth-order valence-electron chi connectivity index (χ4n) is 3.33. The highest BCUT2D eigenvalue weighted by Crippen LogP contribution is 2.24. The van der Waals surface area contributed by atoms with E-state index >= 15 is 0 Å². The molecule has 0 saturated carbocycles. The van der Waals surface area contributed by atoms with Crippen LogP contribution in [-0.2, 0) is 4.74 Å². The van der Waals surface area contributed by atoms with Gasteiger partial charge in [-0.05, 0) is 18.8 Å². The summed E-state index contributed by atoms with van der Waals surface area (Å²) in [6.45, 7) is 6.82. The summed E-state index contributed by atoms with van der Waals surface area (Å²) in [4.78, 5) is 9.34. The summed E-state index contributed by atoms with van der Waals surface area (Å²) in [7, 11) is 0. The minimum Gasteiger partial charge on any atom is -0.381 e. The second-order valence-electron chi connectivity index (χ2n) is 5.62. The number of anilines is 1. The second-order valence-corrected chi connectivity index (χ2v) is 6.49. The van der Waals surface area contributed by atoms with Gasteiger partial charge in [0.15, 0.2) is 5.13 Å². The largest absolute Gasteiger partial charge is 0.381 e. The predicted molar refractivity (Wildman–Crippen MR) is 82.3 cm³/mol. The average molecular weight is 296 g/mol. The summed E-state index contributed by atoms with van der Waals surface area (Å²) >= 11 is 1.72. The van der Waals surface area contributed by atoms with Crippen LogP contribution in [0.25, 0.3) is 0 Å². The first-order valence-corrected chi connectivity index (χ1v) is 8.43. The van der Waals surface area contributed by atoms with Gasteiger partial charge in [-0.1, -0.05) is 0 Å². The minimum atomic E-state index is 0.480. The Morgan fingerprint density at radius 3 is 2.85 bits per heavy atom. The van der Waals surface area contributed by atoms with Crippen molar-refractivity contribution in [3.63, 3.8) is 0 Å². The molecular weight excluding hydrogens is 272 g/mol. The van der Waals surface area contributed by atoms with Crippen LogP contribution in [0.2, 0.25) is 0 Å². The lowest BCUT2D eigenvalue weighted by Gasteiger charge is -2.42. The summed E-state index contributed by atoms with van der Waals surface area (Å²) in [6.07, 6.45) is 4.32. The van der Waals surface area contributed by atoms with Crippen LogP contribution >= 0.6 is 11.3 Å². The summed E-state index contributed by atoms with van der Waals surface area (Å²) in [5.74, 6) is 0.611. The van der Waals surface area contributed by atoms with E-state index in [9.17, 15) is 0 Å². The highest BCUT2D eigenvalue weighted by Gasteiger charge is 2.30. The lowest BCUT2D eigenvalue weighted by Crippen LogP contribution is -2.55. The Bertz CT molecular complexity index is 386. The predicted octanol–water partition coefficient (Wildman–Crippen LogP) is 1.02. The zero-order valence-electron chi connectivity index (χ0n) is 11.9. The first-order chi connectivity index (χ1) is 9.88. The maximum Gasteiger partial charge on any atom is 0.185 e. The molecule has 20 heavy (non-hydrogen) atoms. The van der Waals surface area contributed by atoms with Gasteiger partial charge in [-0.15, -0.1) is 11.3 Å². The minimum absolute atomic E-state index is 0.480. The topological polar surface area (TPSA) is 54.6 Å². The van der Waals surface area contributed by atoms with Crippen molar-refractivity contribution < 1.29 is 4.74 Å². The van der Waals surface area contributed by atoms with Gasteiger partial charge in [-0.25, -0.2) is 4.98 Å². The number of rotatable bonds is 4. The number of thiazole rings is 1. The molecule has 2 atom stereocenters. The maximum absolute atomic E-state index is 6.04. The number of hydrogen-bond donors (Lipinski definition) is 1. The Morgan fingerprint density at radius 2 is 2.25 bits per heavy atom. The van der Waals surface area contributed by atoms with E-state index in [1.165, 1.54) is 12.8 Å². The molecule has 2 N–H and O–H groups in total. The van der Waals surface area contributed by atoms with Gasteiger partial charge < -0.3 is 15.4 Å². The third kappa shape index (κ3) is 3.14. The van der Waals surface area contributed by atoms with Crippen molar-refractivity contribution in [1.29, 1.82) is 0 Å². The molecule has 2 fully saturated rings. The zero-order chi connectivity index (χ0) is 13.8. The lowest BCUT2D eigenvalue weighted by atomic mass is 9.92. The van der Waals surface area contributed by atoms with E-state index in [0.29, 0.717) is 12.0 Å². The molecule has 0 radical (unpaired) electrons. The molecule has 3 heterocycles. The molecule has 2 aliphatic heterocycles. The van der Waals surface area contributed by atoms with Crippen molar-refractivity contribution in [2.75, 3.05) is 50.8 Å². The van der Waals surface area contributed by atoms with E-state index in [1.54, 1.807) is 11.3 Å². The molecule has 112 valence electrons. The maximum atomic E-state index is 6.04. The second kappa shape index (κ2) is 6.85. The molecule has 1 aromatic heterocycles. The van der Waals surface area contributed by atoms with Gasteiger partial charge in [-0.2, -0.15) is 0 Å². The van der Waals surface area contributed by atoms with Crippen molar-refractivity contribution >= 4 is 16.5 Å². The number of ether oxygens (including phenoxy) is 1. The molecule has 0 bridgehead atoms. The first-order valence-electron chi connectivity index (χ1n) is 7.55. The van der Waals surface area contributed by atoms with E-state index in [1.807, 2.05) is 11.6 Å². The molecule has 2 unspecified atom stereocenters. The van der Waals surface area contributed by atoms with Crippen LogP contribution in [-0.4, -0.2) is 61.9 Å². The highest BCUT2D eigenvalue weighted by molar-refractivity contribution is 7.13. The monoisotopic (exact) mass is 296 g/mol. The smallest absolute Gasteiger partial charge is 0.185 e. The van der Waals surface area contributed by atoms with Gasteiger partial charge in [0, 0.05) is 56.9 Å². The molecular formula is C14H24N4OS. The molecule has 0 aliphatic carbocycles. The van der Waals surface area contributed by atoms with E-state index < -0.39 is 0 Å². The van der Waals surface area contributed by atoms with Crippen LogP contribution in [0.5, 0.6) is 0 Å². The first kappa shape index (κ1) is 14.3. The van der Waals surface area contributed by atoms with Crippen molar-refractivity contribution in [3.05, 3.63) is 11.6 Å². The Morgan fingerprint density at radius 1 is 1.40 bits per heavy atom. The van der Waals surface area contributed by atoms with Gasteiger partial charge in [0.1, 0.15) is 0 Å². The van der Waals surface area contributed by atoms with Gasteiger partial charge in [0.2, 0.25) is 0 Å². The Hall–Kier alpha value is -0.690. The molecule has 2 saturated heterocycles. The van der Waals surface area contributed by atoms with E-state index in [4.69, 9.17) is 10.5 Å². The molecule has 6 heteroatoms. The van der Waals surface area contributed by atoms with Crippen molar-refractivity contribution in [1.82, 2.24) is 9.88 Å². The molecule has 0 aromatic carbocycles. The number of piperazine rings is 1. The summed E-state index contributed by atoms with van der Waals surface area (Å²) in [5.41, 5.74) is 6.04. The SMILES string of the molecule is NCC(C1CCCOC1)N1CCN(c2nccs2)CC1. The van der Waals surface area contributed by atoms with Crippen LogP contribution in [0.1, 0.15) is 12.8 Å². The van der Waals surface area contributed by atoms with Crippen LogP contribution in [0.3, 0.4) is 0 Å². The van der Waals surface area contributed by atoms with Crippen LogP contribution in [0, 0.1) is 5.92 Å². The summed E-state index contributed by atoms with van der Waals surface area (Å²) in [6, 6.07) is 0.480. The number of nitrogens with zero attached hydrogens (tertiary/aromatic N) is 3. The molecule has 0 amide bonds. The standard InChI is InChI=1S/C14H24N4OS/c15-10-13(12-2-1-8-19-11-12)17-4-6-18(7-5-17)14-16-3-9-20-14/h3,9,12-13H,1-2,4-8,10-11,15H2. The summed E-state index contributed by atoms with van der Waals surface area (Å²) in [5, 5.41) is 3.19. The van der Waals surface area contributed by atoms with E-state index in [-0.39, 0.29) is 0 Å². The molecule has 2 aliphatic rings. The fourth-order valence-corrected chi connectivity index (χ4v) is 4.02.